The fourth-order valence-electron chi connectivity index (χ4n) is 2.31. The number of halogens is 2. The number of aromatic amines is 1. The van der Waals surface area contributed by atoms with Gasteiger partial charge in [-0.25, -0.2) is 9.07 Å². The molecule has 0 radical (unpaired) electrons. The van der Waals surface area contributed by atoms with Gasteiger partial charge in [0.1, 0.15) is 11.3 Å². The second kappa shape index (κ2) is 4.71. The zero-order chi connectivity index (χ0) is 14.4. The highest BCUT2D eigenvalue weighted by atomic mass is 35.5. The van der Waals surface area contributed by atoms with Crippen LogP contribution in [-0.2, 0) is 6.54 Å². The molecule has 7 heteroatoms. The maximum atomic E-state index is 14.2. The van der Waals surface area contributed by atoms with E-state index in [1.54, 1.807) is 21.4 Å². The van der Waals surface area contributed by atoms with E-state index in [9.17, 15) is 4.39 Å². The molecule has 0 amide bonds. The summed E-state index contributed by atoms with van der Waals surface area (Å²) in [6.07, 6.45) is 0. The quantitative estimate of drug-likeness (QED) is 0.726. The van der Waals surface area contributed by atoms with Crippen LogP contribution in [0.25, 0.3) is 16.9 Å². The highest BCUT2D eigenvalue weighted by molar-refractivity contribution is 7.71. The third-order valence-corrected chi connectivity index (χ3v) is 3.72. The molecule has 0 aliphatic rings. The van der Waals surface area contributed by atoms with Crippen molar-refractivity contribution in [2.45, 2.75) is 20.4 Å². The molecule has 0 aliphatic carbocycles. The SMILES string of the molecule is CCn1nc(C)c2[nH]c(=S)n(-c3ccc(Cl)cc3F)c21. The van der Waals surface area contributed by atoms with Crippen molar-refractivity contribution in [3.63, 3.8) is 0 Å². The monoisotopic (exact) mass is 310 g/mol. The Morgan fingerprint density at radius 1 is 1.45 bits per heavy atom. The fourth-order valence-corrected chi connectivity index (χ4v) is 2.75. The molecule has 3 rings (SSSR count). The van der Waals surface area contributed by atoms with Gasteiger partial charge in [0.25, 0.3) is 0 Å². The van der Waals surface area contributed by atoms with E-state index in [1.807, 2.05) is 13.8 Å². The Morgan fingerprint density at radius 2 is 2.20 bits per heavy atom. The van der Waals surface area contributed by atoms with E-state index < -0.39 is 5.82 Å². The first-order valence-corrected chi connectivity index (χ1v) is 6.95. The molecular weight excluding hydrogens is 299 g/mol. The van der Waals surface area contributed by atoms with Gasteiger partial charge in [0.05, 0.1) is 11.4 Å². The number of rotatable bonds is 2. The minimum absolute atomic E-state index is 0.352. The number of H-pyrrole nitrogens is 1. The Morgan fingerprint density at radius 3 is 2.85 bits per heavy atom. The summed E-state index contributed by atoms with van der Waals surface area (Å²) in [5, 5.41) is 4.76. The van der Waals surface area contributed by atoms with Crippen molar-refractivity contribution in [2.75, 3.05) is 0 Å². The average Bonchev–Trinajstić information content (AvgIpc) is 2.88. The number of hydrogen-bond donors (Lipinski definition) is 1. The van der Waals surface area contributed by atoms with Crippen LogP contribution in [0.1, 0.15) is 12.6 Å². The Balaban J connectivity index is 2.41. The van der Waals surface area contributed by atoms with Crippen molar-refractivity contribution >= 4 is 35.0 Å². The van der Waals surface area contributed by atoms with Crippen molar-refractivity contribution in [3.05, 3.63) is 39.5 Å². The highest BCUT2D eigenvalue weighted by Crippen LogP contribution is 2.25. The lowest BCUT2D eigenvalue weighted by Crippen LogP contribution is -2.05. The first kappa shape index (κ1) is 13.3. The van der Waals surface area contributed by atoms with E-state index in [-0.39, 0.29) is 0 Å². The molecule has 2 aromatic heterocycles. The maximum absolute atomic E-state index is 14.2. The van der Waals surface area contributed by atoms with Crippen molar-refractivity contribution in [1.29, 1.82) is 0 Å². The topological polar surface area (TPSA) is 38.5 Å². The van der Waals surface area contributed by atoms with Gasteiger partial charge in [-0.3, -0.25) is 4.57 Å². The van der Waals surface area contributed by atoms with Gasteiger partial charge in [-0.05, 0) is 44.3 Å². The Hall–Kier alpha value is -1.66. The number of aromatic nitrogens is 4. The molecule has 0 aliphatic heterocycles. The molecule has 0 saturated heterocycles. The van der Waals surface area contributed by atoms with Gasteiger partial charge in [0.2, 0.25) is 0 Å². The molecule has 0 bridgehead atoms. The zero-order valence-corrected chi connectivity index (χ0v) is 12.5. The number of benzene rings is 1. The number of nitrogens with zero attached hydrogens (tertiary/aromatic N) is 3. The Bertz CT molecular complexity index is 861. The number of imidazole rings is 1. The van der Waals surface area contributed by atoms with Crippen LogP contribution in [0.3, 0.4) is 0 Å². The molecule has 1 N–H and O–H groups in total. The minimum atomic E-state index is -0.420. The smallest absolute Gasteiger partial charge is 0.184 e. The number of aryl methyl sites for hydroxylation is 2. The largest absolute Gasteiger partial charge is 0.327 e. The molecule has 0 fully saturated rings. The number of hydrogen-bond acceptors (Lipinski definition) is 2. The van der Waals surface area contributed by atoms with Gasteiger partial charge in [-0.2, -0.15) is 5.10 Å². The summed E-state index contributed by atoms with van der Waals surface area (Å²) in [7, 11) is 0. The fraction of sp³-hybridized carbons (Fsp3) is 0.231. The molecule has 0 saturated carbocycles. The van der Waals surface area contributed by atoms with Gasteiger partial charge in [0.15, 0.2) is 10.4 Å². The lowest BCUT2D eigenvalue weighted by Gasteiger charge is -2.07. The second-order valence-electron chi connectivity index (χ2n) is 4.46. The van der Waals surface area contributed by atoms with Crippen molar-refractivity contribution < 1.29 is 4.39 Å². The van der Waals surface area contributed by atoms with Crippen LogP contribution in [-0.4, -0.2) is 19.3 Å². The van der Waals surface area contributed by atoms with E-state index in [1.165, 1.54) is 6.07 Å². The summed E-state index contributed by atoms with van der Waals surface area (Å²) in [6.45, 7) is 4.54. The molecule has 104 valence electrons. The molecule has 2 heterocycles. The predicted molar refractivity (Wildman–Crippen MR) is 79.6 cm³/mol. The van der Waals surface area contributed by atoms with Crippen molar-refractivity contribution in [1.82, 2.24) is 19.3 Å². The van der Waals surface area contributed by atoms with Gasteiger partial charge < -0.3 is 4.98 Å². The highest BCUT2D eigenvalue weighted by Gasteiger charge is 2.17. The van der Waals surface area contributed by atoms with Crippen molar-refractivity contribution in [2.24, 2.45) is 0 Å². The molecular formula is C13H12ClFN4S. The summed E-state index contributed by atoms with van der Waals surface area (Å²) in [5.74, 6) is -0.420. The summed E-state index contributed by atoms with van der Waals surface area (Å²) in [5.41, 5.74) is 2.78. The van der Waals surface area contributed by atoms with Gasteiger partial charge in [-0.15, -0.1) is 0 Å². The first-order valence-electron chi connectivity index (χ1n) is 6.16. The standard InChI is InChI=1S/C13H12ClFN4S/c1-3-18-12-11(7(2)17-18)16-13(20)19(12)10-5-4-8(14)6-9(10)15/h4-6H,3H2,1-2H3,(H,16,20). The number of nitrogens with one attached hydrogen (secondary N) is 1. The predicted octanol–water partition coefficient (Wildman–Crippen LogP) is 4.01. The molecule has 3 aromatic rings. The first-order chi connectivity index (χ1) is 9.52. The Kier molecular flexibility index (Phi) is 3.14. The zero-order valence-electron chi connectivity index (χ0n) is 10.9. The molecule has 1 aromatic carbocycles. The summed E-state index contributed by atoms with van der Waals surface area (Å²) >= 11 is 11.1. The minimum Gasteiger partial charge on any atom is -0.327 e. The van der Waals surface area contributed by atoms with Crippen LogP contribution >= 0.6 is 23.8 Å². The third kappa shape index (κ3) is 1.87. The van der Waals surface area contributed by atoms with Gasteiger partial charge in [-0.1, -0.05) is 11.6 Å². The molecule has 4 nitrogen and oxygen atoms in total. The Labute approximate surface area is 124 Å². The molecule has 20 heavy (non-hydrogen) atoms. The van der Waals surface area contributed by atoms with E-state index in [2.05, 4.69) is 10.1 Å². The molecule has 0 unspecified atom stereocenters. The van der Waals surface area contributed by atoms with Crippen LogP contribution < -0.4 is 0 Å². The van der Waals surface area contributed by atoms with E-state index in [0.717, 1.165) is 16.9 Å². The van der Waals surface area contributed by atoms with E-state index in [0.29, 0.717) is 22.0 Å². The van der Waals surface area contributed by atoms with Crippen LogP contribution in [0.4, 0.5) is 4.39 Å². The van der Waals surface area contributed by atoms with E-state index in [4.69, 9.17) is 23.8 Å². The lowest BCUT2D eigenvalue weighted by molar-refractivity contribution is 0.613. The lowest BCUT2D eigenvalue weighted by atomic mass is 10.3. The number of fused-ring (bicyclic) bond motifs is 1. The van der Waals surface area contributed by atoms with Crippen LogP contribution in [0.15, 0.2) is 18.2 Å². The van der Waals surface area contributed by atoms with Crippen LogP contribution in [0.2, 0.25) is 5.02 Å². The maximum Gasteiger partial charge on any atom is 0.184 e. The van der Waals surface area contributed by atoms with Crippen LogP contribution in [0, 0.1) is 17.5 Å². The summed E-state index contributed by atoms with van der Waals surface area (Å²) in [4.78, 5) is 3.09. The average molecular weight is 311 g/mol. The summed E-state index contributed by atoms with van der Waals surface area (Å²) < 4.78 is 18.1. The second-order valence-corrected chi connectivity index (χ2v) is 5.28. The molecule has 0 atom stereocenters. The van der Waals surface area contributed by atoms with Crippen molar-refractivity contribution in [3.8, 4) is 5.69 Å². The third-order valence-electron chi connectivity index (χ3n) is 3.20. The molecule has 0 spiro atoms. The van der Waals surface area contributed by atoms with Crippen LogP contribution in [0.5, 0.6) is 0 Å². The van der Waals surface area contributed by atoms with E-state index >= 15 is 0 Å². The van der Waals surface area contributed by atoms with Gasteiger partial charge >= 0.3 is 0 Å². The summed E-state index contributed by atoms with van der Waals surface area (Å²) in [6, 6.07) is 4.53. The van der Waals surface area contributed by atoms with Gasteiger partial charge in [0, 0.05) is 11.6 Å². The normalized spacial score (nSPS) is 11.4.